The number of rotatable bonds is 6. The highest BCUT2D eigenvalue weighted by molar-refractivity contribution is 7.22. The molecule has 1 N–H and O–H groups in total. The van der Waals surface area contributed by atoms with Crippen LogP contribution < -0.4 is 10.1 Å². The van der Waals surface area contributed by atoms with Gasteiger partial charge >= 0.3 is 0 Å². The molecule has 0 unspecified atom stereocenters. The van der Waals surface area contributed by atoms with Crippen LogP contribution in [0.4, 0.5) is 5.13 Å². The molecule has 0 atom stereocenters. The van der Waals surface area contributed by atoms with Crippen LogP contribution in [-0.2, 0) is 14.4 Å². The molecule has 1 saturated heterocycles. The molecule has 2 heterocycles. The fourth-order valence-corrected chi connectivity index (χ4v) is 3.82. The van der Waals surface area contributed by atoms with Crippen LogP contribution in [0.25, 0.3) is 10.2 Å². The normalized spacial score (nSPS) is 13.9. The number of ether oxygens (including phenoxy) is 1. The minimum atomic E-state index is -0.285. The monoisotopic (exact) mass is 395 g/mol. The molecule has 0 bridgehead atoms. The van der Waals surface area contributed by atoms with Crippen molar-refractivity contribution in [2.24, 2.45) is 0 Å². The lowest BCUT2D eigenvalue weighted by Crippen LogP contribution is -2.32. The number of nitrogens with zero attached hydrogens (tertiary/aromatic N) is 2. The van der Waals surface area contributed by atoms with E-state index in [2.05, 4.69) is 10.3 Å². The number of nitrogens with one attached hydrogen (secondary N) is 1. The lowest BCUT2D eigenvalue weighted by Gasteiger charge is -2.12. The van der Waals surface area contributed by atoms with Gasteiger partial charge in [-0.25, -0.2) is 4.98 Å². The smallest absolute Gasteiger partial charge is 0.229 e. The van der Waals surface area contributed by atoms with Gasteiger partial charge in [-0.1, -0.05) is 29.5 Å². The van der Waals surface area contributed by atoms with Gasteiger partial charge < -0.3 is 10.1 Å². The van der Waals surface area contributed by atoms with Crippen LogP contribution in [0.5, 0.6) is 11.5 Å². The number of imide groups is 1. The van der Waals surface area contributed by atoms with Crippen molar-refractivity contribution in [3.8, 4) is 11.5 Å². The highest BCUT2D eigenvalue weighted by atomic mass is 32.1. The molecule has 28 heavy (non-hydrogen) atoms. The number of fused-ring (bicyclic) bond motifs is 1. The van der Waals surface area contributed by atoms with E-state index in [0.29, 0.717) is 10.9 Å². The van der Waals surface area contributed by atoms with Crippen molar-refractivity contribution in [3.05, 3.63) is 48.5 Å². The summed E-state index contributed by atoms with van der Waals surface area (Å²) < 4.78 is 6.70. The van der Waals surface area contributed by atoms with Gasteiger partial charge in [0.2, 0.25) is 17.7 Å². The minimum absolute atomic E-state index is 0.0514. The maximum absolute atomic E-state index is 12.1. The zero-order chi connectivity index (χ0) is 19.5. The first-order valence-corrected chi connectivity index (χ1v) is 9.67. The molecule has 7 nitrogen and oxygen atoms in total. The summed E-state index contributed by atoms with van der Waals surface area (Å²) in [5.74, 6) is 0.706. The van der Waals surface area contributed by atoms with Gasteiger partial charge in [-0.3, -0.25) is 19.3 Å². The van der Waals surface area contributed by atoms with Crippen LogP contribution in [0, 0.1) is 0 Å². The molecule has 0 spiro atoms. The van der Waals surface area contributed by atoms with Gasteiger partial charge in [0.25, 0.3) is 0 Å². The molecule has 0 radical (unpaired) electrons. The van der Waals surface area contributed by atoms with Gasteiger partial charge in [0.15, 0.2) is 5.13 Å². The number of hydrogen-bond donors (Lipinski definition) is 1. The third-order valence-electron chi connectivity index (χ3n) is 4.30. The van der Waals surface area contributed by atoms with Crippen LogP contribution >= 0.6 is 11.3 Å². The molecule has 1 aromatic heterocycles. The van der Waals surface area contributed by atoms with Crippen molar-refractivity contribution in [3.63, 3.8) is 0 Å². The molecule has 3 aromatic rings. The minimum Gasteiger partial charge on any atom is -0.457 e. The molecule has 1 aliphatic rings. The number of thiazole rings is 1. The molecule has 4 rings (SSSR count). The largest absolute Gasteiger partial charge is 0.457 e. The van der Waals surface area contributed by atoms with Crippen molar-refractivity contribution in [2.45, 2.75) is 19.3 Å². The number of carbonyl (C=O) groups excluding carboxylic acids is 3. The average molecular weight is 395 g/mol. The quantitative estimate of drug-likeness (QED) is 0.645. The van der Waals surface area contributed by atoms with Gasteiger partial charge in [-0.05, 0) is 24.3 Å². The number of amides is 3. The number of aromatic nitrogens is 1. The Labute approximate surface area is 164 Å². The van der Waals surface area contributed by atoms with Gasteiger partial charge in [0.05, 0.1) is 10.2 Å². The SMILES string of the molecule is O=C(CCN1C(=O)CCC1=O)Nc1nc2ccc(Oc3ccccc3)cc2s1. The van der Waals surface area contributed by atoms with Crippen LogP contribution in [-0.4, -0.2) is 34.2 Å². The molecule has 1 fully saturated rings. The van der Waals surface area contributed by atoms with Gasteiger partial charge in [-0.2, -0.15) is 0 Å². The van der Waals surface area contributed by atoms with E-state index in [0.717, 1.165) is 20.9 Å². The van der Waals surface area contributed by atoms with Crippen molar-refractivity contribution in [1.82, 2.24) is 9.88 Å². The van der Waals surface area contributed by atoms with Gasteiger partial charge in [0, 0.05) is 31.9 Å². The van der Waals surface area contributed by atoms with Crippen molar-refractivity contribution in [2.75, 3.05) is 11.9 Å². The van der Waals surface area contributed by atoms with Crippen molar-refractivity contribution in [1.29, 1.82) is 0 Å². The van der Waals surface area contributed by atoms with Crippen LogP contribution in [0.1, 0.15) is 19.3 Å². The predicted molar refractivity (Wildman–Crippen MR) is 105 cm³/mol. The van der Waals surface area contributed by atoms with E-state index in [1.165, 1.54) is 11.3 Å². The van der Waals surface area contributed by atoms with E-state index in [-0.39, 0.29) is 43.5 Å². The Bertz CT molecular complexity index is 1030. The summed E-state index contributed by atoms with van der Waals surface area (Å²) in [5, 5.41) is 3.20. The summed E-state index contributed by atoms with van der Waals surface area (Å²) in [6, 6.07) is 15.0. The van der Waals surface area contributed by atoms with E-state index < -0.39 is 0 Å². The highest BCUT2D eigenvalue weighted by Gasteiger charge is 2.28. The summed E-state index contributed by atoms with van der Waals surface area (Å²) in [4.78, 5) is 40.9. The summed E-state index contributed by atoms with van der Waals surface area (Å²) in [6.07, 6.45) is 0.507. The van der Waals surface area contributed by atoms with E-state index in [4.69, 9.17) is 4.74 Å². The Morgan fingerprint density at radius 3 is 2.57 bits per heavy atom. The van der Waals surface area contributed by atoms with E-state index in [1.807, 2.05) is 48.5 Å². The lowest BCUT2D eigenvalue weighted by molar-refractivity contribution is -0.138. The summed E-state index contributed by atoms with van der Waals surface area (Å²) in [6.45, 7) is 0.101. The maximum Gasteiger partial charge on any atom is 0.229 e. The number of likely N-dealkylation sites (tertiary alicyclic amines) is 1. The second-order valence-corrected chi connectivity index (χ2v) is 7.33. The number of hydrogen-bond acceptors (Lipinski definition) is 6. The molecule has 3 amide bonds. The summed E-state index contributed by atoms with van der Waals surface area (Å²) >= 11 is 1.34. The molecular formula is C20H17N3O4S. The third kappa shape index (κ3) is 4.01. The Morgan fingerprint density at radius 2 is 1.82 bits per heavy atom. The van der Waals surface area contributed by atoms with Crippen LogP contribution in [0.3, 0.4) is 0 Å². The van der Waals surface area contributed by atoms with Gasteiger partial charge in [0.1, 0.15) is 11.5 Å². The second-order valence-electron chi connectivity index (χ2n) is 6.30. The number of para-hydroxylation sites is 1. The first-order valence-electron chi connectivity index (χ1n) is 8.85. The Morgan fingerprint density at radius 1 is 1.07 bits per heavy atom. The Kier molecular flexibility index (Phi) is 5.03. The number of carbonyl (C=O) groups is 3. The average Bonchev–Trinajstić information content (AvgIpc) is 3.22. The number of benzene rings is 2. The standard InChI is InChI=1S/C20H17N3O4S/c24-17(10-11-23-18(25)8-9-19(23)26)22-20-21-15-7-6-14(12-16(15)28-20)27-13-4-2-1-3-5-13/h1-7,12H,8-11H2,(H,21,22,24). The molecule has 0 saturated carbocycles. The van der Waals surface area contributed by atoms with Crippen molar-refractivity contribution < 1.29 is 19.1 Å². The second kappa shape index (κ2) is 7.77. The van der Waals surface area contributed by atoms with Crippen LogP contribution in [0.2, 0.25) is 0 Å². The fraction of sp³-hybridized carbons (Fsp3) is 0.200. The zero-order valence-electron chi connectivity index (χ0n) is 14.9. The molecule has 8 heteroatoms. The molecular weight excluding hydrogens is 378 g/mol. The van der Waals surface area contributed by atoms with Crippen LogP contribution in [0.15, 0.2) is 48.5 Å². The Balaban J connectivity index is 1.39. The summed E-state index contributed by atoms with van der Waals surface area (Å²) in [5.41, 5.74) is 0.755. The highest BCUT2D eigenvalue weighted by Crippen LogP contribution is 2.31. The zero-order valence-corrected chi connectivity index (χ0v) is 15.7. The van der Waals surface area contributed by atoms with Gasteiger partial charge in [-0.15, -0.1) is 0 Å². The summed E-state index contributed by atoms with van der Waals surface area (Å²) in [7, 11) is 0. The predicted octanol–water partition coefficient (Wildman–Crippen LogP) is 3.57. The topological polar surface area (TPSA) is 88.6 Å². The lowest BCUT2D eigenvalue weighted by atomic mass is 10.3. The van der Waals surface area contributed by atoms with E-state index in [9.17, 15) is 14.4 Å². The molecule has 2 aromatic carbocycles. The first-order chi connectivity index (χ1) is 13.6. The fourth-order valence-electron chi connectivity index (χ4n) is 2.91. The first kappa shape index (κ1) is 18.1. The van der Waals surface area contributed by atoms with E-state index in [1.54, 1.807) is 0 Å². The Hall–Kier alpha value is -3.26. The van der Waals surface area contributed by atoms with E-state index >= 15 is 0 Å². The third-order valence-corrected chi connectivity index (χ3v) is 5.24. The molecule has 1 aliphatic heterocycles. The maximum atomic E-state index is 12.1. The van der Waals surface area contributed by atoms with Crippen molar-refractivity contribution >= 4 is 44.4 Å². The number of anilines is 1. The molecule has 0 aliphatic carbocycles. The molecule has 142 valence electrons.